The second-order valence-electron chi connectivity index (χ2n) is 3.52. The summed E-state index contributed by atoms with van der Waals surface area (Å²) in [7, 11) is 0. The van der Waals surface area contributed by atoms with Gasteiger partial charge >= 0.3 is 0 Å². The van der Waals surface area contributed by atoms with Crippen molar-refractivity contribution in [2.24, 2.45) is 0 Å². The molecule has 0 fully saturated rings. The first-order valence-corrected chi connectivity index (χ1v) is 5.65. The predicted octanol–water partition coefficient (Wildman–Crippen LogP) is 4.72. The van der Waals surface area contributed by atoms with E-state index in [2.05, 4.69) is 26.0 Å². The second-order valence-corrected chi connectivity index (χ2v) is 3.52. The smallest absolute Gasteiger partial charge is 0.0351 e. The Hall–Kier alpha value is -0.260. The minimum atomic E-state index is 1.08. The number of unbranched alkanes of at least 4 members (excludes halogenated alkanes) is 7. The highest BCUT2D eigenvalue weighted by molar-refractivity contribution is 4.81. The molecule has 0 aromatic carbocycles. The molecule has 0 aliphatic carbocycles. The van der Waals surface area contributed by atoms with Crippen molar-refractivity contribution >= 4 is 0 Å². The summed E-state index contributed by atoms with van der Waals surface area (Å²) in [6.07, 6.45) is 15.8. The number of allylic oxidation sites excluding steroid dienone is 2. The molecule has 0 spiro atoms. The maximum Gasteiger partial charge on any atom is -0.0351 e. The molecule has 0 heterocycles. The minimum Gasteiger partial charge on any atom is -0.343 e. The summed E-state index contributed by atoms with van der Waals surface area (Å²) in [5.74, 6) is 0. The van der Waals surface area contributed by atoms with E-state index in [0.29, 0.717) is 0 Å². The zero-order chi connectivity index (χ0) is 9.78. The predicted molar refractivity (Wildman–Crippen MR) is 61.4 cm³/mol. The average molecular weight is 180 g/mol. The zero-order valence-electron chi connectivity index (χ0n) is 8.93. The van der Waals surface area contributed by atoms with Crippen molar-refractivity contribution in [3.8, 4) is 0 Å². The molecule has 0 saturated carbocycles. The van der Waals surface area contributed by atoms with Gasteiger partial charge in [0.2, 0.25) is 0 Å². The molecule has 0 aliphatic heterocycles. The van der Waals surface area contributed by atoms with Crippen LogP contribution in [0.1, 0.15) is 57.8 Å². The summed E-state index contributed by atoms with van der Waals surface area (Å²) in [5, 5.41) is 0. The summed E-state index contributed by atoms with van der Waals surface area (Å²) in [4.78, 5) is 0. The zero-order valence-corrected chi connectivity index (χ0v) is 8.93. The Bertz CT molecular complexity index is 103. The van der Waals surface area contributed by atoms with E-state index in [9.17, 15) is 0 Å². The highest BCUT2D eigenvalue weighted by Crippen LogP contribution is 2.04. The van der Waals surface area contributed by atoms with Gasteiger partial charge in [0, 0.05) is 0 Å². The summed E-state index contributed by atoms with van der Waals surface area (Å²) >= 11 is 0. The molecular weight excluding hydrogens is 156 g/mol. The van der Waals surface area contributed by atoms with Crippen LogP contribution in [0.25, 0.3) is 0 Å². The van der Waals surface area contributed by atoms with Gasteiger partial charge in [-0.15, -0.1) is 0 Å². The van der Waals surface area contributed by atoms with Gasteiger partial charge in [0.25, 0.3) is 0 Å². The Morgan fingerprint density at radius 1 is 0.615 bits per heavy atom. The number of hydrogen-bond acceptors (Lipinski definition) is 0. The summed E-state index contributed by atoms with van der Waals surface area (Å²) < 4.78 is 0. The van der Waals surface area contributed by atoms with Crippen molar-refractivity contribution in [3.05, 3.63) is 26.0 Å². The highest BCUT2D eigenvalue weighted by Gasteiger charge is 1.82. The second kappa shape index (κ2) is 11.7. The molecular formula is C13H24-2. The third-order valence-corrected chi connectivity index (χ3v) is 2.16. The normalized spacial score (nSPS) is 11.2. The fourth-order valence-electron chi connectivity index (χ4n) is 1.29. The van der Waals surface area contributed by atoms with Crippen LogP contribution in [0.2, 0.25) is 0 Å². The fourth-order valence-corrected chi connectivity index (χ4v) is 1.29. The first-order chi connectivity index (χ1) is 6.41. The van der Waals surface area contributed by atoms with Gasteiger partial charge in [-0.1, -0.05) is 37.8 Å². The number of rotatable bonds is 9. The van der Waals surface area contributed by atoms with Crippen molar-refractivity contribution in [1.29, 1.82) is 0 Å². The van der Waals surface area contributed by atoms with Crippen molar-refractivity contribution in [3.63, 3.8) is 0 Å². The third kappa shape index (κ3) is 11.7. The lowest BCUT2D eigenvalue weighted by Gasteiger charge is -1.97. The Labute approximate surface area is 84.4 Å². The molecule has 0 N–H and O–H groups in total. The SMILES string of the molecule is [CH2-]CCCC/C=C/CCCCC[CH2-]. The monoisotopic (exact) mass is 180 g/mol. The summed E-state index contributed by atoms with van der Waals surface area (Å²) in [6.45, 7) is 7.65. The maximum absolute atomic E-state index is 3.83. The Kier molecular flexibility index (Phi) is 11.5. The van der Waals surface area contributed by atoms with Gasteiger partial charge < -0.3 is 13.8 Å². The molecule has 0 atom stereocenters. The van der Waals surface area contributed by atoms with Crippen LogP contribution in [0.15, 0.2) is 12.2 Å². The van der Waals surface area contributed by atoms with Crippen LogP contribution in [0.4, 0.5) is 0 Å². The van der Waals surface area contributed by atoms with Crippen LogP contribution in [0, 0.1) is 13.8 Å². The molecule has 0 rings (SSSR count). The van der Waals surface area contributed by atoms with Gasteiger partial charge in [-0.3, -0.25) is 0 Å². The quantitative estimate of drug-likeness (QED) is 0.273. The molecule has 0 bridgehead atoms. The minimum absolute atomic E-state index is 1.08. The van der Waals surface area contributed by atoms with E-state index in [1.807, 2.05) is 0 Å². The van der Waals surface area contributed by atoms with E-state index in [1.165, 1.54) is 44.9 Å². The van der Waals surface area contributed by atoms with E-state index in [0.717, 1.165) is 12.8 Å². The van der Waals surface area contributed by atoms with E-state index in [4.69, 9.17) is 0 Å². The molecule has 0 aliphatic rings. The van der Waals surface area contributed by atoms with Gasteiger partial charge in [-0.05, 0) is 19.3 Å². The van der Waals surface area contributed by atoms with Gasteiger partial charge in [0.05, 0.1) is 0 Å². The first kappa shape index (κ1) is 12.7. The average Bonchev–Trinajstić information content (AvgIpc) is 2.16. The first-order valence-electron chi connectivity index (χ1n) is 5.65. The van der Waals surface area contributed by atoms with Crippen molar-refractivity contribution < 1.29 is 0 Å². The van der Waals surface area contributed by atoms with Crippen LogP contribution in [-0.4, -0.2) is 0 Å². The standard InChI is InChI=1S/C13H24/c1-3-5-7-9-11-13-12-10-8-6-4-2/h11,13H,1-10,12H2/q-2/b13-11+. The molecule has 78 valence electrons. The molecule has 0 heteroatoms. The van der Waals surface area contributed by atoms with E-state index in [-0.39, 0.29) is 0 Å². The molecule has 0 aromatic rings. The Morgan fingerprint density at radius 2 is 1.08 bits per heavy atom. The Balaban J connectivity index is 2.95. The van der Waals surface area contributed by atoms with Gasteiger partial charge in [-0.2, -0.15) is 12.8 Å². The fraction of sp³-hybridized carbons (Fsp3) is 0.692. The lowest BCUT2D eigenvalue weighted by atomic mass is 10.1. The Morgan fingerprint density at radius 3 is 1.62 bits per heavy atom. The lowest BCUT2D eigenvalue weighted by Crippen LogP contribution is -1.74. The van der Waals surface area contributed by atoms with Gasteiger partial charge in [0.1, 0.15) is 0 Å². The lowest BCUT2D eigenvalue weighted by molar-refractivity contribution is 0.692. The van der Waals surface area contributed by atoms with Gasteiger partial charge in [0.15, 0.2) is 0 Å². The molecule has 0 radical (unpaired) electrons. The molecule has 0 unspecified atom stereocenters. The van der Waals surface area contributed by atoms with E-state index in [1.54, 1.807) is 0 Å². The van der Waals surface area contributed by atoms with Gasteiger partial charge in [-0.25, -0.2) is 0 Å². The molecule has 0 amide bonds. The van der Waals surface area contributed by atoms with Crippen LogP contribution in [-0.2, 0) is 0 Å². The molecule has 0 nitrogen and oxygen atoms in total. The van der Waals surface area contributed by atoms with Crippen molar-refractivity contribution in [2.45, 2.75) is 57.8 Å². The largest absolute Gasteiger partial charge is 0.343 e. The van der Waals surface area contributed by atoms with Crippen molar-refractivity contribution in [1.82, 2.24) is 0 Å². The maximum atomic E-state index is 3.83. The molecule has 13 heavy (non-hydrogen) atoms. The highest BCUT2D eigenvalue weighted by atomic mass is 13.9. The van der Waals surface area contributed by atoms with E-state index < -0.39 is 0 Å². The van der Waals surface area contributed by atoms with Crippen molar-refractivity contribution in [2.75, 3.05) is 0 Å². The molecule has 0 saturated heterocycles. The topological polar surface area (TPSA) is 0 Å². The van der Waals surface area contributed by atoms with Crippen LogP contribution >= 0.6 is 0 Å². The van der Waals surface area contributed by atoms with Crippen LogP contribution in [0.3, 0.4) is 0 Å². The number of hydrogen-bond donors (Lipinski definition) is 0. The summed E-state index contributed by atoms with van der Waals surface area (Å²) in [5.41, 5.74) is 0. The van der Waals surface area contributed by atoms with Crippen LogP contribution in [0.5, 0.6) is 0 Å². The third-order valence-electron chi connectivity index (χ3n) is 2.16. The van der Waals surface area contributed by atoms with E-state index >= 15 is 0 Å². The van der Waals surface area contributed by atoms with Crippen LogP contribution < -0.4 is 0 Å². The summed E-state index contributed by atoms with van der Waals surface area (Å²) in [6, 6.07) is 0. The molecule has 0 aromatic heterocycles.